The van der Waals surface area contributed by atoms with E-state index in [4.69, 9.17) is 4.74 Å². The molecule has 0 spiro atoms. The lowest BCUT2D eigenvalue weighted by molar-refractivity contribution is 0.0418. The van der Waals surface area contributed by atoms with Crippen LogP contribution in [0.5, 0.6) is 0 Å². The number of piperidine rings is 1. The molecule has 0 unspecified atom stereocenters. The van der Waals surface area contributed by atoms with Gasteiger partial charge < -0.3 is 20.1 Å². The number of amides is 2. The summed E-state index contributed by atoms with van der Waals surface area (Å²) in [6, 6.07) is 15.5. The van der Waals surface area contributed by atoms with Crippen LogP contribution in [0, 0.1) is 23.0 Å². The third-order valence-electron chi connectivity index (χ3n) is 8.32. The molecule has 2 bridgehead atoms. The summed E-state index contributed by atoms with van der Waals surface area (Å²) >= 11 is 0. The Morgan fingerprint density at radius 2 is 1.60 bits per heavy atom. The van der Waals surface area contributed by atoms with Crippen molar-refractivity contribution in [3.63, 3.8) is 0 Å². The van der Waals surface area contributed by atoms with Gasteiger partial charge >= 0.3 is 6.09 Å². The lowest BCUT2D eigenvalue weighted by Gasteiger charge is -2.39. The average Bonchev–Trinajstić information content (AvgIpc) is 3.20. The summed E-state index contributed by atoms with van der Waals surface area (Å²) in [6.07, 6.45) is 2.64. The Hall–Kier alpha value is -4.29. The number of fused-ring (bicyclic) bond motifs is 2. The van der Waals surface area contributed by atoms with E-state index in [1.54, 1.807) is 50.2 Å². The van der Waals surface area contributed by atoms with Crippen LogP contribution >= 0.6 is 0 Å². The molecule has 45 heavy (non-hydrogen) atoms. The maximum atomic E-state index is 15.6. The zero-order chi connectivity index (χ0) is 32.7. The Labute approximate surface area is 262 Å². The average molecular weight is 616 g/mol. The molecule has 2 aliphatic rings. The van der Waals surface area contributed by atoms with Crippen molar-refractivity contribution in [3.05, 3.63) is 82.9 Å². The second-order valence-corrected chi connectivity index (χ2v) is 13.8. The van der Waals surface area contributed by atoms with E-state index in [0.717, 1.165) is 12.8 Å². The van der Waals surface area contributed by atoms with Gasteiger partial charge in [-0.3, -0.25) is 4.79 Å². The number of nitriles is 1. The molecular formula is C36H39F2N3O4. The van der Waals surface area contributed by atoms with Crippen molar-refractivity contribution in [2.24, 2.45) is 0 Å². The van der Waals surface area contributed by atoms with Gasteiger partial charge in [-0.2, -0.15) is 5.26 Å². The predicted molar refractivity (Wildman–Crippen MR) is 167 cm³/mol. The smallest absolute Gasteiger partial charge is 0.407 e. The number of hydrogen-bond donors (Lipinski definition) is 2. The normalized spacial score (nSPS) is 19.6. The molecule has 7 nitrogen and oxygen atoms in total. The molecule has 3 atom stereocenters. The van der Waals surface area contributed by atoms with Crippen molar-refractivity contribution >= 4 is 12.0 Å². The van der Waals surface area contributed by atoms with Gasteiger partial charge in [0.2, 0.25) is 0 Å². The van der Waals surface area contributed by atoms with E-state index in [2.05, 4.69) is 5.32 Å². The number of benzene rings is 3. The molecule has 0 radical (unpaired) electrons. The summed E-state index contributed by atoms with van der Waals surface area (Å²) in [6.45, 7) is 8.73. The van der Waals surface area contributed by atoms with Crippen LogP contribution < -0.4 is 5.32 Å². The monoisotopic (exact) mass is 615 g/mol. The van der Waals surface area contributed by atoms with Gasteiger partial charge in [-0.1, -0.05) is 24.3 Å². The summed E-state index contributed by atoms with van der Waals surface area (Å²) in [5.41, 5.74) is 0.854. The van der Waals surface area contributed by atoms with E-state index in [1.807, 2.05) is 31.7 Å². The molecule has 2 amide bonds. The molecule has 0 aromatic heterocycles. The number of hydrogen-bond acceptors (Lipinski definition) is 5. The Morgan fingerprint density at radius 1 is 0.933 bits per heavy atom. The van der Waals surface area contributed by atoms with Crippen LogP contribution in [0.4, 0.5) is 13.6 Å². The molecular weight excluding hydrogens is 576 g/mol. The van der Waals surface area contributed by atoms with Crippen LogP contribution in [0.15, 0.2) is 54.6 Å². The van der Waals surface area contributed by atoms with Crippen LogP contribution in [0.2, 0.25) is 0 Å². The van der Waals surface area contributed by atoms with Gasteiger partial charge in [-0.25, -0.2) is 13.6 Å². The second-order valence-electron chi connectivity index (χ2n) is 13.8. The van der Waals surface area contributed by atoms with Crippen molar-refractivity contribution in [3.8, 4) is 28.3 Å². The summed E-state index contributed by atoms with van der Waals surface area (Å²) in [5, 5.41) is 22.4. The number of carbonyl (C=O) groups is 2. The number of alkyl carbamates (subject to hydrolysis) is 1. The molecule has 2 aliphatic heterocycles. The molecule has 2 heterocycles. The van der Waals surface area contributed by atoms with E-state index in [1.165, 1.54) is 18.2 Å². The summed E-state index contributed by atoms with van der Waals surface area (Å²) in [5.74, 6) is -1.40. The Kier molecular flexibility index (Phi) is 8.74. The molecule has 0 aliphatic carbocycles. The molecule has 2 saturated heterocycles. The van der Waals surface area contributed by atoms with Crippen molar-refractivity contribution in [2.45, 2.75) is 96.1 Å². The molecule has 3 aromatic rings. The Bertz CT molecular complexity index is 1650. The standard InChI is InChI=1S/C36H39F2N3O4/c1-35(2,3)45-34(43)40-25-17-26-10-11-27(18-25)41(26)33(42)23-9-13-28(29-12-6-21(14-32(29)38)19-36(4,5)44)30(15-23)22-7-8-24(20-39)31(37)16-22/h6-9,12-16,25-27,44H,10-11,17-19H2,1-5H3,(H,40,43)/t25-,26-,27+. The van der Waals surface area contributed by atoms with Crippen molar-refractivity contribution in [1.82, 2.24) is 10.2 Å². The highest BCUT2D eigenvalue weighted by molar-refractivity contribution is 5.98. The van der Waals surface area contributed by atoms with E-state index in [9.17, 15) is 24.3 Å². The first kappa shape index (κ1) is 32.1. The minimum absolute atomic E-state index is 0.0626. The van der Waals surface area contributed by atoms with Gasteiger partial charge in [-0.15, -0.1) is 0 Å². The number of halogens is 2. The first-order valence-corrected chi connectivity index (χ1v) is 15.3. The molecule has 3 aromatic carbocycles. The van der Waals surface area contributed by atoms with Gasteiger partial charge in [0.05, 0.1) is 11.2 Å². The predicted octanol–water partition coefficient (Wildman–Crippen LogP) is 7.14. The quantitative estimate of drug-likeness (QED) is 0.307. The summed E-state index contributed by atoms with van der Waals surface area (Å²) in [7, 11) is 0. The number of ether oxygens (including phenoxy) is 1. The van der Waals surface area contributed by atoms with E-state index >= 15 is 4.39 Å². The van der Waals surface area contributed by atoms with Crippen LogP contribution in [-0.4, -0.2) is 51.3 Å². The fourth-order valence-electron chi connectivity index (χ4n) is 6.56. The van der Waals surface area contributed by atoms with Crippen LogP contribution in [0.25, 0.3) is 22.3 Å². The highest BCUT2D eigenvalue weighted by Gasteiger charge is 2.44. The maximum Gasteiger partial charge on any atom is 0.407 e. The van der Waals surface area contributed by atoms with Gasteiger partial charge in [-0.05, 0) is 113 Å². The van der Waals surface area contributed by atoms with Crippen molar-refractivity contribution < 1.29 is 28.2 Å². The molecule has 5 rings (SSSR count). The minimum atomic E-state index is -1.01. The number of nitrogens with one attached hydrogen (secondary N) is 1. The molecule has 9 heteroatoms. The van der Waals surface area contributed by atoms with Crippen LogP contribution in [0.1, 0.15) is 81.8 Å². The maximum absolute atomic E-state index is 15.6. The Balaban J connectivity index is 1.47. The van der Waals surface area contributed by atoms with Gasteiger partial charge in [0.1, 0.15) is 23.3 Å². The molecule has 2 N–H and O–H groups in total. The zero-order valence-corrected chi connectivity index (χ0v) is 26.3. The van der Waals surface area contributed by atoms with Gasteiger partial charge in [0.25, 0.3) is 5.91 Å². The lowest BCUT2D eigenvalue weighted by Crippen LogP contribution is -2.53. The topological polar surface area (TPSA) is 103 Å². The second kappa shape index (κ2) is 12.2. The third kappa shape index (κ3) is 7.34. The van der Waals surface area contributed by atoms with Crippen molar-refractivity contribution in [1.29, 1.82) is 5.26 Å². The van der Waals surface area contributed by atoms with E-state index in [0.29, 0.717) is 40.7 Å². The molecule has 236 valence electrons. The molecule has 0 saturated carbocycles. The summed E-state index contributed by atoms with van der Waals surface area (Å²) < 4.78 is 35.8. The minimum Gasteiger partial charge on any atom is -0.444 e. The largest absolute Gasteiger partial charge is 0.444 e. The van der Waals surface area contributed by atoms with Crippen LogP contribution in [0.3, 0.4) is 0 Å². The highest BCUT2D eigenvalue weighted by Crippen LogP contribution is 2.40. The number of carbonyl (C=O) groups excluding carboxylic acids is 2. The number of nitrogens with zero attached hydrogens (tertiary/aromatic N) is 2. The number of rotatable bonds is 6. The third-order valence-corrected chi connectivity index (χ3v) is 8.32. The van der Waals surface area contributed by atoms with Gasteiger partial charge in [0, 0.05) is 35.7 Å². The Morgan fingerprint density at radius 3 is 2.18 bits per heavy atom. The summed E-state index contributed by atoms with van der Waals surface area (Å²) in [4.78, 5) is 28.3. The van der Waals surface area contributed by atoms with Crippen molar-refractivity contribution in [2.75, 3.05) is 0 Å². The number of aliphatic hydroxyl groups is 1. The van der Waals surface area contributed by atoms with E-state index in [-0.39, 0.29) is 41.6 Å². The lowest BCUT2D eigenvalue weighted by atomic mass is 9.89. The fraction of sp³-hybridized carbons (Fsp3) is 0.417. The fourth-order valence-corrected chi connectivity index (χ4v) is 6.56. The zero-order valence-electron chi connectivity index (χ0n) is 26.3. The SMILES string of the molecule is CC(C)(O)Cc1ccc(-c2ccc(C(=O)N3[C@@H]4CC[C@H]3C[C@H](NC(=O)OC(C)(C)C)C4)cc2-c2ccc(C#N)c(F)c2)c(F)c1. The van der Waals surface area contributed by atoms with Crippen LogP contribution in [-0.2, 0) is 11.2 Å². The first-order chi connectivity index (χ1) is 21.1. The van der Waals surface area contributed by atoms with E-state index < -0.39 is 28.9 Å². The van der Waals surface area contributed by atoms with Gasteiger partial charge in [0.15, 0.2) is 0 Å². The highest BCUT2D eigenvalue weighted by atomic mass is 19.1. The first-order valence-electron chi connectivity index (χ1n) is 15.3. The molecule has 2 fully saturated rings.